The lowest BCUT2D eigenvalue weighted by molar-refractivity contribution is -0.101. The van der Waals surface area contributed by atoms with E-state index in [4.69, 9.17) is 51.1 Å². The van der Waals surface area contributed by atoms with Gasteiger partial charge in [0.05, 0.1) is 31.5 Å². The maximum Gasteiger partial charge on any atom is 0.383 e. The first-order chi connectivity index (χ1) is 21.7. The van der Waals surface area contributed by atoms with Crippen molar-refractivity contribution in [3.8, 4) is 0 Å². The fourth-order valence-corrected chi connectivity index (χ4v) is 7.34. The van der Waals surface area contributed by atoms with E-state index >= 15 is 4.39 Å². The molecule has 0 radical (unpaired) electrons. The number of ether oxygens (including phenoxy) is 3. The van der Waals surface area contributed by atoms with Gasteiger partial charge in [-0.1, -0.05) is 12.2 Å². The topological polar surface area (TPSA) is 252 Å². The van der Waals surface area contributed by atoms with Crippen molar-refractivity contribution in [3.63, 3.8) is 0 Å². The van der Waals surface area contributed by atoms with E-state index in [1.165, 1.54) is 37.0 Å². The van der Waals surface area contributed by atoms with E-state index in [9.17, 15) is 14.4 Å². The Morgan fingerprint density at radius 3 is 2.22 bits per heavy atom. The van der Waals surface area contributed by atoms with Crippen molar-refractivity contribution in [1.29, 1.82) is 0 Å². The van der Waals surface area contributed by atoms with Gasteiger partial charge in [-0.05, 0) is 18.7 Å². The molecule has 0 aliphatic carbocycles. The van der Waals surface area contributed by atoms with Crippen LogP contribution < -0.4 is 11.5 Å². The number of hydrogen-bond donors (Lipinski definition) is 5. The van der Waals surface area contributed by atoms with Gasteiger partial charge in [0.2, 0.25) is 0 Å². The van der Waals surface area contributed by atoms with Crippen LogP contribution in [0.25, 0.3) is 22.3 Å². The molecule has 2 unspecified atom stereocenters. The predicted octanol–water partition coefficient (Wildman–Crippen LogP) is 1.42. The van der Waals surface area contributed by atoms with Crippen molar-refractivity contribution in [1.82, 2.24) is 39.0 Å². The van der Waals surface area contributed by atoms with Crippen LogP contribution in [-0.4, -0.2) is 99.2 Å². The molecule has 6 heterocycles. The van der Waals surface area contributed by atoms with Crippen molar-refractivity contribution in [2.45, 2.75) is 55.9 Å². The zero-order chi connectivity index (χ0) is 33.0. The quantitative estimate of drug-likeness (QED) is 0.108. The van der Waals surface area contributed by atoms with E-state index < -0.39 is 62.7 Å². The first-order valence-corrected chi connectivity index (χ1v) is 18.7. The monoisotopic (exact) mass is 722 g/mol. The third-order valence-electron chi connectivity index (χ3n) is 7.44. The standard InChI is InChI=1S/C22H29FN10O9P2S2/c1-22(3-10(37-2)20(41-22)32-8-30-13-16(24)26-6-28-18(13)32)5-39-44(36,46)42-15-12(23)11(4-38-43(34,35)45)40-21(15)33-9-31-14-17(25)27-7-29-19(14)33/h6-12,15,20-21H,3-5H2,1-2H3,(H,36,46)(H2,24,26,28)(H2,25,27,29)(H2,34,35,45)/t10-,11-,12+,15-,20-,21-,22+,44?/m1/s1. The Kier molecular flexibility index (Phi) is 9.11. The summed E-state index contributed by atoms with van der Waals surface area (Å²) in [6.45, 7) is -7.77. The number of fused-ring (bicyclic) bond motifs is 2. The van der Waals surface area contributed by atoms with Gasteiger partial charge >= 0.3 is 13.5 Å². The summed E-state index contributed by atoms with van der Waals surface area (Å²) >= 11 is 8.75. The Hall–Kier alpha value is -2.46. The SMILES string of the molecule is CO[C@@H]1C[C@@](C)(COP(O)(=S)O[C@@H]2[C@@H](F)[C@@H](COP(=O)(O)S)O[C@H]2n2cnc3c(N)ncnc32)O[C@H]1n1cnc2c(N)ncnc21. The molecule has 2 fully saturated rings. The zero-order valence-corrected chi connectivity index (χ0v) is 27.5. The van der Waals surface area contributed by atoms with Gasteiger partial charge in [0, 0.05) is 13.5 Å². The summed E-state index contributed by atoms with van der Waals surface area (Å²) in [5.74, 6) is 0.254. The Labute approximate surface area is 269 Å². The molecular weight excluding hydrogens is 693 g/mol. The fourth-order valence-electron chi connectivity index (χ4n) is 5.32. The van der Waals surface area contributed by atoms with Gasteiger partial charge in [0.25, 0.3) is 0 Å². The Bertz CT molecular complexity index is 1850. The molecule has 2 aliphatic heterocycles. The summed E-state index contributed by atoms with van der Waals surface area (Å²) in [5, 5.41) is 0. The Morgan fingerprint density at radius 1 is 1.07 bits per heavy atom. The van der Waals surface area contributed by atoms with Crippen molar-refractivity contribution < 1.29 is 46.5 Å². The number of nitrogens with two attached hydrogens (primary N) is 2. The van der Waals surface area contributed by atoms with Crippen LogP contribution in [0.3, 0.4) is 0 Å². The number of alkyl halides is 1. The van der Waals surface area contributed by atoms with Crippen LogP contribution in [0.1, 0.15) is 25.8 Å². The van der Waals surface area contributed by atoms with Crippen LogP contribution >= 0.6 is 25.8 Å². The Morgan fingerprint density at radius 2 is 1.65 bits per heavy atom. The highest BCUT2D eigenvalue weighted by molar-refractivity contribution is 8.44. The number of methoxy groups -OCH3 is 1. The maximum atomic E-state index is 15.9. The van der Waals surface area contributed by atoms with Gasteiger partial charge in [-0.15, -0.1) is 0 Å². The van der Waals surface area contributed by atoms with Gasteiger partial charge in [-0.2, -0.15) is 0 Å². The molecule has 6 rings (SSSR count). The Balaban J connectivity index is 1.20. The minimum atomic E-state index is -4.29. The minimum Gasteiger partial charge on any atom is -0.382 e. The number of nitrogens with zero attached hydrogens (tertiary/aromatic N) is 8. The molecule has 0 spiro atoms. The van der Waals surface area contributed by atoms with Crippen molar-refractivity contribution in [2.24, 2.45) is 0 Å². The highest BCUT2D eigenvalue weighted by atomic mass is 32.7. The molecule has 2 aliphatic rings. The van der Waals surface area contributed by atoms with Gasteiger partial charge in [0.15, 0.2) is 41.6 Å². The zero-order valence-electron chi connectivity index (χ0n) is 24.0. The summed E-state index contributed by atoms with van der Waals surface area (Å²) in [5.41, 5.74) is 11.9. The highest BCUT2D eigenvalue weighted by Gasteiger charge is 2.51. The van der Waals surface area contributed by atoms with Crippen molar-refractivity contribution in [2.75, 3.05) is 31.8 Å². The second-order valence-electron chi connectivity index (χ2n) is 10.7. The number of rotatable bonds is 11. The second-order valence-corrected chi connectivity index (χ2v) is 16.3. The fraction of sp³-hybridized carbons (Fsp3) is 0.545. The van der Waals surface area contributed by atoms with Crippen LogP contribution in [0.2, 0.25) is 0 Å². The molecule has 0 aromatic carbocycles. The molecule has 6 N–H and O–H groups in total. The molecule has 0 amide bonds. The summed E-state index contributed by atoms with van der Waals surface area (Å²) in [6, 6.07) is 0. The maximum absolute atomic E-state index is 15.9. The number of aromatic nitrogens is 8. The number of thiol groups is 1. The van der Waals surface area contributed by atoms with E-state index in [0.717, 1.165) is 0 Å². The first-order valence-electron chi connectivity index (χ1n) is 13.4. The van der Waals surface area contributed by atoms with Crippen LogP contribution in [-0.2, 0) is 44.2 Å². The lowest BCUT2D eigenvalue weighted by Gasteiger charge is -2.29. The molecule has 24 heteroatoms. The van der Waals surface area contributed by atoms with Gasteiger partial charge < -0.3 is 40.0 Å². The van der Waals surface area contributed by atoms with E-state index in [0.29, 0.717) is 11.2 Å². The summed E-state index contributed by atoms with van der Waals surface area (Å²) in [6.07, 6.45) is -2.12. The molecular formula is C22H29FN10O9P2S2. The van der Waals surface area contributed by atoms with Crippen LogP contribution in [0.5, 0.6) is 0 Å². The largest absolute Gasteiger partial charge is 0.383 e. The lowest BCUT2D eigenvalue weighted by Crippen LogP contribution is -2.33. The molecule has 4 aromatic heterocycles. The minimum absolute atomic E-state index is 0.0554. The smallest absolute Gasteiger partial charge is 0.382 e. The number of halogens is 1. The van der Waals surface area contributed by atoms with Crippen LogP contribution in [0.15, 0.2) is 25.3 Å². The summed E-state index contributed by atoms with van der Waals surface area (Å²) in [7, 11) is 1.51. The highest BCUT2D eigenvalue weighted by Crippen LogP contribution is 2.53. The third kappa shape index (κ3) is 6.62. The molecule has 2 saturated heterocycles. The third-order valence-corrected chi connectivity index (χ3v) is 9.81. The molecule has 0 bridgehead atoms. The van der Waals surface area contributed by atoms with Gasteiger partial charge in [-0.25, -0.2) is 38.9 Å². The van der Waals surface area contributed by atoms with Crippen LogP contribution in [0.4, 0.5) is 16.0 Å². The van der Waals surface area contributed by atoms with Gasteiger partial charge in [-0.3, -0.25) is 18.2 Å². The summed E-state index contributed by atoms with van der Waals surface area (Å²) < 4.78 is 64.4. The van der Waals surface area contributed by atoms with Crippen molar-refractivity contribution in [3.05, 3.63) is 25.3 Å². The van der Waals surface area contributed by atoms with Crippen LogP contribution in [0, 0.1) is 0 Å². The molecule has 46 heavy (non-hydrogen) atoms. The van der Waals surface area contributed by atoms with E-state index in [1.54, 1.807) is 11.5 Å². The number of imidazole rings is 2. The second kappa shape index (κ2) is 12.5. The number of hydrogen-bond acceptors (Lipinski definition) is 16. The van der Waals surface area contributed by atoms with E-state index in [2.05, 4.69) is 42.2 Å². The normalized spacial score (nSPS) is 31.0. The predicted molar refractivity (Wildman–Crippen MR) is 164 cm³/mol. The number of nitrogen functional groups attached to an aromatic ring is 2. The lowest BCUT2D eigenvalue weighted by atomic mass is 10.0. The molecule has 9 atom stereocenters. The average Bonchev–Trinajstić information content (AvgIpc) is 3.76. The molecule has 0 saturated carbocycles. The molecule has 4 aromatic rings. The molecule has 19 nitrogen and oxygen atoms in total. The van der Waals surface area contributed by atoms with Gasteiger partial charge in [0.1, 0.15) is 42.0 Å². The molecule has 250 valence electrons. The number of anilines is 2. The first kappa shape index (κ1) is 33.4. The van der Waals surface area contributed by atoms with E-state index in [1.807, 2.05) is 0 Å². The van der Waals surface area contributed by atoms with E-state index in [-0.39, 0.29) is 35.8 Å². The van der Waals surface area contributed by atoms with Crippen molar-refractivity contribution >= 4 is 71.5 Å². The summed E-state index contributed by atoms with van der Waals surface area (Å²) in [4.78, 5) is 45.3. The average molecular weight is 723 g/mol.